The summed E-state index contributed by atoms with van der Waals surface area (Å²) in [5, 5.41) is 0. The molecule has 0 aliphatic heterocycles. The van der Waals surface area contributed by atoms with Crippen molar-refractivity contribution in [3.05, 3.63) is 47.7 Å². The lowest BCUT2D eigenvalue weighted by Crippen LogP contribution is -2.39. The minimum atomic E-state index is -0.737. The van der Waals surface area contributed by atoms with Crippen molar-refractivity contribution in [2.45, 2.75) is 12.3 Å². The number of hydrogen-bond donors (Lipinski definition) is 0. The maximum atomic E-state index is 12.8. The van der Waals surface area contributed by atoms with Gasteiger partial charge in [0.2, 0.25) is 5.78 Å². The zero-order valence-corrected chi connectivity index (χ0v) is 12.2. The van der Waals surface area contributed by atoms with Gasteiger partial charge in [0.1, 0.15) is 0 Å². The van der Waals surface area contributed by atoms with Crippen LogP contribution in [-0.2, 0) is 19.1 Å². The van der Waals surface area contributed by atoms with E-state index in [0.29, 0.717) is 6.42 Å². The number of methoxy groups -OCH3 is 2. The number of fused-ring (bicyclic) bond motifs is 2. The van der Waals surface area contributed by atoms with E-state index in [1.54, 1.807) is 13.2 Å². The Kier molecular flexibility index (Phi) is 3.41. The predicted octanol–water partition coefficient (Wildman–Crippen LogP) is 2.10. The fraction of sp³-hybridized carbons (Fsp3) is 0.412. The summed E-state index contributed by atoms with van der Waals surface area (Å²) >= 11 is 0. The van der Waals surface area contributed by atoms with Crippen LogP contribution in [0.25, 0.3) is 0 Å². The lowest BCUT2D eigenvalue weighted by molar-refractivity contribution is -0.137. The summed E-state index contributed by atoms with van der Waals surface area (Å²) in [5.74, 6) is -0.715. The number of carbonyl (C=O) groups excluding carboxylic acids is 2. The van der Waals surface area contributed by atoms with Crippen molar-refractivity contribution in [3.63, 3.8) is 0 Å². The molecular formula is C17H18O4. The van der Waals surface area contributed by atoms with Crippen LogP contribution in [0.15, 0.2) is 42.2 Å². The Morgan fingerprint density at radius 1 is 1.19 bits per heavy atom. The van der Waals surface area contributed by atoms with Gasteiger partial charge in [-0.3, -0.25) is 9.59 Å². The topological polar surface area (TPSA) is 52.6 Å². The van der Waals surface area contributed by atoms with Crippen LogP contribution < -0.4 is 0 Å². The van der Waals surface area contributed by atoms with Gasteiger partial charge in [0.05, 0.1) is 25.0 Å². The van der Waals surface area contributed by atoms with Crippen molar-refractivity contribution in [2.75, 3.05) is 20.8 Å². The number of benzene rings is 1. The summed E-state index contributed by atoms with van der Waals surface area (Å²) in [4.78, 5) is 25.3. The average molecular weight is 286 g/mol. The zero-order valence-electron chi connectivity index (χ0n) is 12.2. The van der Waals surface area contributed by atoms with Gasteiger partial charge in [-0.1, -0.05) is 30.3 Å². The van der Waals surface area contributed by atoms with E-state index in [-0.39, 0.29) is 29.9 Å². The molecule has 1 aromatic rings. The van der Waals surface area contributed by atoms with Crippen LogP contribution in [0.2, 0.25) is 0 Å². The van der Waals surface area contributed by atoms with Crippen molar-refractivity contribution in [1.82, 2.24) is 0 Å². The summed E-state index contributed by atoms with van der Waals surface area (Å²) in [7, 11) is 3.04. The first-order valence-corrected chi connectivity index (χ1v) is 7.02. The minimum Gasteiger partial charge on any atom is -0.493 e. The summed E-state index contributed by atoms with van der Waals surface area (Å²) < 4.78 is 10.4. The molecule has 0 N–H and O–H groups in total. The Hall–Kier alpha value is -1.94. The van der Waals surface area contributed by atoms with Gasteiger partial charge in [0.25, 0.3) is 0 Å². The van der Waals surface area contributed by atoms with Gasteiger partial charge in [0.15, 0.2) is 11.5 Å². The second-order valence-corrected chi connectivity index (χ2v) is 5.73. The molecule has 2 aliphatic rings. The van der Waals surface area contributed by atoms with Crippen LogP contribution in [0.5, 0.6) is 0 Å². The molecule has 0 saturated heterocycles. The number of allylic oxidation sites excluding steroid dienone is 1. The van der Waals surface area contributed by atoms with Crippen LogP contribution in [0.3, 0.4) is 0 Å². The van der Waals surface area contributed by atoms with Gasteiger partial charge in [-0.05, 0) is 18.1 Å². The second kappa shape index (κ2) is 5.11. The first-order valence-electron chi connectivity index (χ1n) is 7.02. The van der Waals surface area contributed by atoms with Gasteiger partial charge in [0, 0.05) is 13.0 Å². The molecule has 4 heteroatoms. The molecule has 2 bridgehead atoms. The molecule has 0 radical (unpaired) electrons. The SMILES string of the molecule is COC[C@@]12C=C(OC)C(=O)[C@@H](C1=O)[C@H](c1ccccc1)C2. The molecule has 21 heavy (non-hydrogen) atoms. The normalized spacial score (nSPS) is 31.2. The summed E-state index contributed by atoms with van der Waals surface area (Å²) in [6.45, 7) is 0.284. The van der Waals surface area contributed by atoms with Gasteiger partial charge in [-0.2, -0.15) is 0 Å². The van der Waals surface area contributed by atoms with Crippen LogP contribution in [0.1, 0.15) is 17.9 Å². The summed E-state index contributed by atoms with van der Waals surface area (Å²) in [6.07, 6.45) is 2.26. The quantitative estimate of drug-likeness (QED) is 0.795. The van der Waals surface area contributed by atoms with E-state index in [0.717, 1.165) is 5.56 Å². The van der Waals surface area contributed by atoms with Crippen molar-refractivity contribution in [2.24, 2.45) is 11.3 Å². The van der Waals surface area contributed by atoms with Crippen molar-refractivity contribution in [1.29, 1.82) is 0 Å². The number of carbonyl (C=O) groups is 2. The molecule has 2 aliphatic carbocycles. The fourth-order valence-corrected chi connectivity index (χ4v) is 3.61. The summed E-state index contributed by atoms with van der Waals surface area (Å²) in [6, 6.07) is 9.73. The van der Waals surface area contributed by atoms with Crippen LogP contribution in [0.4, 0.5) is 0 Å². The molecule has 3 rings (SSSR count). The van der Waals surface area contributed by atoms with Gasteiger partial charge in [-0.15, -0.1) is 0 Å². The number of hydrogen-bond acceptors (Lipinski definition) is 4. The van der Waals surface area contributed by atoms with Crippen molar-refractivity contribution in [3.8, 4) is 0 Å². The third-order valence-electron chi connectivity index (χ3n) is 4.54. The van der Waals surface area contributed by atoms with E-state index in [9.17, 15) is 9.59 Å². The third-order valence-corrected chi connectivity index (χ3v) is 4.54. The molecule has 0 unspecified atom stereocenters. The van der Waals surface area contributed by atoms with Gasteiger partial charge < -0.3 is 9.47 Å². The first kappa shape index (κ1) is 14.0. The van der Waals surface area contributed by atoms with E-state index in [1.165, 1.54) is 7.11 Å². The second-order valence-electron chi connectivity index (χ2n) is 5.73. The number of ketones is 2. The fourth-order valence-electron chi connectivity index (χ4n) is 3.61. The lowest BCUT2D eigenvalue weighted by Gasteiger charge is -2.27. The lowest BCUT2D eigenvalue weighted by atomic mass is 9.78. The predicted molar refractivity (Wildman–Crippen MR) is 76.7 cm³/mol. The molecule has 1 aromatic carbocycles. The molecule has 1 saturated carbocycles. The molecule has 0 spiro atoms. The van der Waals surface area contributed by atoms with Gasteiger partial charge >= 0.3 is 0 Å². The third kappa shape index (κ3) is 2.02. The van der Waals surface area contributed by atoms with Crippen LogP contribution >= 0.6 is 0 Å². The largest absolute Gasteiger partial charge is 0.493 e. The Morgan fingerprint density at radius 3 is 2.52 bits per heavy atom. The van der Waals surface area contributed by atoms with Gasteiger partial charge in [-0.25, -0.2) is 0 Å². The van der Waals surface area contributed by atoms with Crippen molar-refractivity contribution >= 4 is 11.6 Å². The van der Waals surface area contributed by atoms with E-state index in [4.69, 9.17) is 9.47 Å². The highest BCUT2D eigenvalue weighted by Crippen LogP contribution is 2.53. The Labute approximate surface area is 123 Å². The minimum absolute atomic E-state index is 0.0380. The monoisotopic (exact) mass is 286 g/mol. The van der Waals surface area contributed by atoms with E-state index in [1.807, 2.05) is 30.3 Å². The molecule has 0 aromatic heterocycles. The van der Waals surface area contributed by atoms with Crippen LogP contribution in [0, 0.1) is 11.3 Å². The highest BCUT2D eigenvalue weighted by Gasteiger charge is 2.59. The van der Waals surface area contributed by atoms with E-state index >= 15 is 0 Å². The maximum Gasteiger partial charge on any atom is 0.208 e. The Bertz CT molecular complexity index is 604. The molecule has 110 valence electrons. The van der Waals surface area contributed by atoms with Crippen molar-refractivity contribution < 1.29 is 19.1 Å². The Balaban J connectivity index is 2.08. The molecule has 0 amide bonds. The number of ether oxygens (including phenoxy) is 2. The number of rotatable bonds is 4. The molecular weight excluding hydrogens is 268 g/mol. The standard InChI is InChI=1S/C17H18O4/c1-20-10-17-8-12(11-6-4-3-5-7-11)14(16(17)19)15(18)13(9-17)21-2/h3-7,9,12,14H,8,10H2,1-2H3/t12-,14-,17+/m0/s1. The summed E-state index contributed by atoms with van der Waals surface area (Å²) in [5.41, 5.74) is 0.284. The highest BCUT2D eigenvalue weighted by atomic mass is 16.5. The maximum absolute atomic E-state index is 12.8. The Morgan fingerprint density at radius 2 is 1.90 bits per heavy atom. The van der Waals surface area contributed by atoms with E-state index < -0.39 is 11.3 Å². The molecule has 3 atom stereocenters. The molecule has 1 fully saturated rings. The highest BCUT2D eigenvalue weighted by molar-refractivity contribution is 6.17. The van der Waals surface area contributed by atoms with Crippen LogP contribution in [-0.4, -0.2) is 32.4 Å². The smallest absolute Gasteiger partial charge is 0.208 e. The first-order chi connectivity index (χ1) is 10.1. The zero-order chi connectivity index (χ0) is 15.0. The average Bonchev–Trinajstić information content (AvgIpc) is 2.70. The molecule has 4 nitrogen and oxygen atoms in total. The number of Topliss-reactive ketones (excluding diaryl/α,β-unsaturated/α-hetero) is 2. The molecule has 0 heterocycles. The van der Waals surface area contributed by atoms with E-state index in [2.05, 4.69) is 0 Å².